The van der Waals surface area contributed by atoms with E-state index in [1.165, 1.54) is 0 Å². The van der Waals surface area contributed by atoms with Gasteiger partial charge < -0.3 is 10.2 Å². The molecule has 1 rings (SSSR count). The smallest absolute Gasteiger partial charge is 0.0590 e. The Kier molecular flexibility index (Phi) is 1.29. The van der Waals surface area contributed by atoms with Gasteiger partial charge in [0.1, 0.15) is 0 Å². The van der Waals surface area contributed by atoms with E-state index in [2.05, 4.69) is 0 Å². The van der Waals surface area contributed by atoms with Gasteiger partial charge in [0, 0.05) is 5.41 Å². The highest BCUT2D eigenvalue weighted by Gasteiger charge is 2.46. The van der Waals surface area contributed by atoms with Crippen molar-refractivity contribution >= 4 is 0 Å². The maximum atomic E-state index is 8.98. The second-order valence-corrected chi connectivity index (χ2v) is 2.70. The molecule has 2 N–H and O–H groups in total. The Hall–Kier alpha value is -0.0800. The molecule has 0 saturated heterocycles. The van der Waals surface area contributed by atoms with Gasteiger partial charge in [-0.2, -0.15) is 0 Å². The van der Waals surface area contributed by atoms with Gasteiger partial charge in [-0.1, -0.05) is 0 Å². The minimum Gasteiger partial charge on any atom is -0.396 e. The molecule has 0 heterocycles. The maximum Gasteiger partial charge on any atom is 0.0590 e. The number of aliphatic hydroxyl groups excluding tert-OH is 2. The van der Waals surface area contributed by atoms with Crippen molar-refractivity contribution in [1.82, 2.24) is 0 Å². The van der Waals surface area contributed by atoms with E-state index in [1.807, 2.05) is 0 Å². The van der Waals surface area contributed by atoms with E-state index >= 15 is 0 Å². The molecule has 1 aliphatic rings. The van der Waals surface area contributed by atoms with Crippen molar-refractivity contribution in [2.75, 3.05) is 6.61 Å². The molecule has 0 aliphatic heterocycles. The first-order valence-electron chi connectivity index (χ1n) is 3.00. The molecule has 2 heteroatoms. The maximum absolute atomic E-state index is 8.98. The summed E-state index contributed by atoms with van der Waals surface area (Å²) in [6.07, 6.45) is 1.65. The van der Waals surface area contributed by atoms with Crippen LogP contribution in [-0.4, -0.2) is 22.9 Å². The lowest BCUT2D eigenvalue weighted by molar-refractivity contribution is 0.0644. The summed E-state index contributed by atoms with van der Waals surface area (Å²) in [6, 6.07) is 0. The lowest BCUT2D eigenvalue weighted by Crippen LogP contribution is -2.21. The molecule has 48 valence electrons. The summed E-state index contributed by atoms with van der Waals surface area (Å²) in [4.78, 5) is 0. The fourth-order valence-electron chi connectivity index (χ4n) is 0.869. The SMILES string of the molecule is CC(O)C1(CO)CC1. The predicted molar refractivity (Wildman–Crippen MR) is 30.4 cm³/mol. The van der Waals surface area contributed by atoms with Gasteiger partial charge in [-0.3, -0.25) is 0 Å². The Morgan fingerprint density at radius 2 is 2.12 bits per heavy atom. The molecular formula is C6H12O2. The Bertz CT molecular complexity index is 84.5. The third-order valence-corrected chi connectivity index (χ3v) is 2.09. The summed E-state index contributed by atoms with van der Waals surface area (Å²) in [5.74, 6) is 0. The van der Waals surface area contributed by atoms with Crippen LogP contribution in [0.4, 0.5) is 0 Å². The van der Waals surface area contributed by atoms with Crippen LogP contribution in [-0.2, 0) is 0 Å². The lowest BCUT2D eigenvalue weighted by atomic mass is 10.0. The Morgan fingerprint density at radius 1 is 1.62 bits per heavy atom. The van der Waals surface area contributed by atoms with Crippen molar-refractivity contribution in [1.29, 1.82) is 0 Å². The molecule has 1 fully saturated rings. The van der Waals surface area contributed by atoms with Gasteiger partial charge in [-0.15, -0.1) is 0 Å². The Labute approximate surface area is 49.1 Å². The normalized spacial score (nSPS) is 27.4. The molecule has 0 aromatic carbocycles. The standard InChI is InChI=1S/C6H12O2/c1-5(8)6(4-7)2-3-6/h5,7-8H,2-4H2,1H3. The van der Waals surface area contributed by atoms with Gasteiger partial charge in [0.2, 0.25) is 0 Å². The van der Waals surface area contributed by atoms with Crippen LogP contribution < -0.4 is 0 Å². The third kappa shape index (κ3) is 0.740. The lowest BCUT2D eigenvalue weighted by Gasteiger charge is -2.13. The van der Waals surface area contributed by atoms with Gasteiger partial charge >= 0.3 is 0 Å². The van der Waals surface area contributed by atoms with E-state index < -0.39 is 0 Å². The van der Waals surface area contributed by atoms with Gasteiger partial charge in [-0.05, 0) is 19.8 Å². The summed E-state index contributed by atoms with van der Waals surface area (Å²) in [6.45, 7) is 1.88. The van der Waals surface area contributed by atoms with Gasteiger partial charge in [-0.25, -0.2) is 0 Å². The van der Waals surface area contributed by atoms with Gasteiger partial charge in [0.25, 0.3) is 0 Å². The van der Waals surface area contributed by atoms with Crippen molar-refractivity contribution < 1.29 is 10.2 Å². The molecule has 1 aliphatic carbocycles. The second kappa shape index (κ2) is 1.71. The Balaban J connectivity index is 2.41. The number of aliphatic hydroxyl groups is 2. The second-order valence-electron chi connectivity index (χ2n) is 2.70. The number of hydrogen-bond donors (Lipinski definition) is 2. The molecule has 0 radical (unpaired) electrons. The molecule has 0 spiro atoms. The van der Waals surface area contributed by atoms with E-state index in [9.17, 15) is 0 Å². The topological polar surface area (TPSA) is 40.5 Å². The van der Waals surface area contributed by atoms with E-state index in [1.54, 1.807) is 6.92 Å². The highest BCUT2D eigenvalue weighted by Crippen LogP contribution is 2.47. The van der Waals surface area contributed by atoms with Crippen LogP contribution in [0.5, 0.6) is 0 Å². The highest BCUT2D eigenvalue weighted by atomic mass is 16.3. The first-order valence-corrected chi connectivity index (χ1v) is 3.00. The van der Waals surface area contributed by atoms with Gasteiger partial charge in [0.15, 0.2) is 0 Å². The summed E-state index contributed by atoms with van der Waals surface area (Å²) in [7, 11) is 0. The van der Waals surface area contributed by atoms with Crippen LogP contribution in [0.25, 0.3) is 0 Å². The van der Waals surface area contributed by atoms with Crippen molar-refractivity contribution in [2.24, 2.45) is 5.41 Å². The van der Waals surface area contributed by atoms with Crippen LogP contribution in [0.1, 0.15) is 19.8 Å². The molecule has 0 aromatic rings. The van der Waals surface area contributed by atoms with E-state index in [0.29, 0.717) is 0 Å². The quantitative estimate of drug-likeness (QED) is 0.538. The van der Waals surface area contributed by atoms with Crippen LogP contribution in [0.3, 0.4) is 0 Å². The molecule has 2 nitrogen and oxygen atoms in total. The van der Waals surface area contributed by atoms with Crippen molar-refractivity contribution in [3.05, 3.63) is 0 Å². The van der Waals surface area contributed by atoms with Crippen LogP contribution in [0.2, 0.25) is 0 Å². The molecule has 1 unspecified atom stereocenters. The zero-order valence-corrected chi connectivity index (χ0v) is 5.09. The molecule has 8 heavy (non-hydrogen) atoms. The fourth-order valence-corrected chi connectivity index (χ4v) is 0.869. The largest absolute Gasteiger partial charge is 0.396 e. The molecular weight excluding hydrogens is 104 g/mol. The summed E-state index contributed by atoms with van der Waals surface area (Å²) >= 11 is 0. The van der Waals surface area contributed by atoms with Gasteiger partial charge in [0.05, 0.1) is 12.7 Å². The van der Waals surface area contributed by atoms with E-state index in [4.69, 9.17) is 10.2 Å². The summed E-state index contributed by atoms with van der Waals surface area (Å²) < 4.78 is 0. The number of hydrogen-bond acceptors (Lipinski definition) is 2. The zero-order valence-electron chi connectivity index (χ0n) is 5.09. The highest BCUT2D eigenvalue weighted by molar-refractivity contribution is 4.96. The first kappa shape index (κ1) is 6.05. The van der Waals surface area contributed by atoms with E-state index in [0.717, 1.165) is 12.8 Å². The predicted octanol–water partition coefficient (Wildman–Crippen LogP) is 0.140. The van der Waals surface area contributed by atoms with Crippen LogP contribution in [0, 0.1) is 5.41 Å². The summed E-state index contributed by atoms with van der Waals surface area (Å²) in [5, 5.41) is 17.6. The Morgan fingerprint density at radius 3 is 2.12 bits per heavy atom. The molecule has 1 saturated carbocycles. The monoisotopic (exact) mass is 116 g/mol. The van der Waals surface area contributed by atoms with Crippen LogP contribution in [0.15, 0.2) is 0 Å². The molecule has 0 bridgehead atoms. The van der Waals surface area contributed by atoms with Crippen molar-refractivity contribution in [3.63, 3.8) is 0 Å². The number of rotatable bonds is 2. The minimum absolute atomic E-state index is 0.0972. The average Bonchev–Trinajstić information content (AvgIpc) is 2.44. The molecule has 0 aromatic heterocycles. The van der Waals surface area contributed by atoms with Crippen LogP contribution >= 0.6 is 0 Å². The third-order valence-electron chi connectivity index (χ3n) is 2.09. The first-order chi connectivity index (χ1) is 3.71. The van der Waals surface area contributed by atoms with E-state index in [-0.39, 0.29) is 18.1 Å². The zero-order chi connectivity index (χ0) is 6.20. The van der Waals surface area contributed by atoms with Crippen molar-refractivity contribution in [3.8, 4) is 0 Å². The van der Waals surface area contributed by atoms with Crippen molar-refractivity contribution in [2.45, 2.75) is 25.9 Å². The fraction of sp³-hybridized carbons (Fsp3) is 1.00. The summed E-state index contributed by atoms with van der Waals surface area (Å²) in [5.41, 5.74) is -0.0972. The molecule has 1 atom stereocenters. The molecule has 0 amide bonds. The minimum atomic E-state index is -0.326. The average molecular weight is 116 g/mol.